The lowest BCUT2D eigenvalue weighted by Crippen LogP contribution is -2.60. The van der Waals surface area contributed by atoms with Gasteiger partial charge in [-0.1, -0.05) is 20.8 Å². The van der Waals surface area contributed by atoms with Crippen LogP contribution in [0.2, 0.25) is 0 Å². The second-order valence-corrected chi connectivity index (χ2v) is 6.89. The summed E-state index contributed by atoms with van der Waals surface area (Å²) in [6.45, 7) is 6.32. The van der Waals surface area contributed by atoms with Crippen molar-refractivity contribution in [1.82, 2.24) is 10.2 Å². The highest BCUT2D eigenvalue weighted by Crippen LogP contribution is 2.16. The van der Waals surface area contributed by atoms with E-state index in [0.717, 1.165) is 0 Å². The van der Waals surface area contributed by atoms with E-state index in [1.807, 2.05) is 20.8 Å². The molecule has 3 unspecified atom stereocenters. The maximum Gasteiger partial charge on any atom is 0.243 e. The van der Waals surface area contributed by atoms with Crippen LogP contribution in [-0.2, 0) is 20.4 Å². The summed E-state index contributed by atoms with van der Waals surface area (Å²) >= 11 is 0. The van der Waals surface area contributed by atoms with Gasteiger partial charge in [-0.2, -0.15) is 0 Å². The molecule has 0 aromatic heterocycles. The Balaban J connectivity index is 2.71. The number of hydrogen-bond acceptors (Lipinski definition) is 3. The second kappa shape index (κ2) is 6.31. The third kappa shape index (κ3) is 3.54. The highest BCUT2D eigenvalue weighted by molar-refractivity contribution is 7.84. The topological polar surface area (TPSA) is 66.5 Å². The van der Waals surface area contributed by atoms with E-state index in [-0.39, 0.29) is 29.5 Å². The summed E-state index contributed by atoms with van der Waals surface area (Å²) in [5, 5.41) is 2.65. The van der Waals surface area contributed by atoms with Crippen molar-refractivity contribution >= 4 is 22.6 Å². The number of carbonyl (C=O) groups excluding carboxylic acids is 2. The van der Waals surface area contributed by atoms with Crippen LogP contribution in [-0.4, -0.2) is 51.6 Å². The van der Waals surface area contributed by atoms with Gasteiger partial charge >= 0.3 is 0 Å². The molecule has 18 heavy (non-hydrogen) atoms. The van der Waals surface area contributed by atoms with E-state index in [1.165, 1.54) is 0 Å². The normalized spacial score (nSPS) is 24.1. The van der Waals surface area contributed by atoms with Crippen LogP contribution in [0.3, 0.4) is 0 Å². The molecule has 6 heteroatoms. The van der Waals surface area contributed by atoms with Crippen molar-refractivity contribution < 1.29 is 13.8 Å². The number of nitrogens with zero attached hydrogens (tertiary/aromatic N) is 1. The van der Waals surface area contributed by atoms with E-state index in [1.54, 1.807) is 11.2 Å². The van der Waals surface area contributed by atoms with Crippen molar-refractivity contribution in [3.63, 3.8) is 0 Å². The summed E-state index contributed by atoms with van der Waals surface area (Å²) in [5.41, 5.74) is 0. The first-order valence-corrected chi connectivity index (χ1v) is 7.86. The van der Waals surface area contributed by atoms with Crippen molar-refractivity contribution in [3.05, 3.63) is 0 Å². The third-order valence-corrected chi connectivity index (χ3v) is 4.68. The summed E-state index contributed by atoms with van der Waals surface area (Å²) in [6.07, 6.45) is 2.32. The maximum absolute atomic E-state index is 11.9. The van der Waals surface area contributed by atoms with Gasteiger partial charge in [0, 0.05) is 28.9 Å². The lowest BCUT2D eigenvalue weighted by Gasteiger charge is -2.37. The highest BCUT2D eigenvalue weighted by atomic mass is 32.2. The molecular formula is C12H22N2O3S. The fourth-order valence-corrected chi connectivity index (χ4v) is 2.52. The molecule has 1 N–H and O–H groups in total. The van der Waals surface area contributed by atoms with Crippen LogP contribution in [0.1, 0.15) is 27.2 Å². The standard InChI is InChI=1S/C12H22N2O3S/c1-8(2)11-12(16)13-7-10(15)14(11)6-5-9(3)18(4)17/h8-9,11H,5-7H2,1-4H3,(H,13,16). The zero-order valence-electron chi connectivity index (χ0n) is 11.4. The Bertz CT molecular complexity index is 357. The minimum atomic E-state index is -0.895. The summed E-state index contributed by atoms with van der Waals surface area (Å²) in [7, 11) is -0.895. The molecule has 0 saturated carbocycles. The fourth-order valence-electron chi connectivity index (χ4n) is 2.08. The average molecular weight is 274 g/mol. The van der Waals surface area contributed by atoms with Crippen LogP contribution in [0.15, 0.2) is 0 Å². The Labute approximate surface area is 111 Å². The minimum absolute atomic E-state index is 0.0376. The number of carbonyl (C=O) groups is 2. The van der Waals surface area contributed by atoms with E-state index >= 15 is 0 Å². The smallest absolute Gasteiger partial charge is 0.243 e. The molecule has 1 saturated heterocycles. The molecule has 0 spiro atoms. The van der Waals surface area contributed by atoms with Gasteiger partial charge in [0.25, 0.3) is 0 Å². The van der Waals surface area contributed by atoms with Gasteiger partial charge in [0.1, 0.15) is 6.04 Å². The van der Waals surface area contributed by atoms with Crippen LogP contribution < -0.4 is 5.32 Å². The quantitative estimate of drug-likeness (QED) is 0.775. The molecule has 1 fully saturated rings. The van der Waals surface area contributed by atoms with Gasteiger partial charge in [-0.15, -0.1) is 0 Å². The van der Waals surface area contributed by atoms with Gasteiger partial charge in [0.2, 0.25) is 11.8 Å². The molecule has 2 amide bonds. The van der Waals surface area contributed by atoms with Gasteiger partial charge in [0.15, 0.2) is 0 Å². The van der Waals surface area contributed by atoms with Crippen molar-refractivity contribution in [3.8, 4) is 0 Å². The molecule has 1 heterocycles. The first-order valence-electron chi connectivity index (χ1n) is 6.24. The first-order chi connectivity index (χ1) is 8.34. The van der Waals surface area contributed by atoms with Gasteiger partial charge in [-0.3, -0.25) is 13.8 Å². The Morgan fingerprint density at radius 3 is 2.50 bits per heavy atom. The molecule has 0 radical (unpaired) electrons. The highest BCUT2D eigenvalue weighted by Gasteiger charge is 2.36. The third-order valence-electron chi connectivity index (χ3n) is 3.31. The predicted molar refractivity (Wildman–Crippen MR) is 71.5 cm³/mol. The number of rotatable bonds is 5. The predicted octanol–water partition coefficient (Wildman–Crippen LogP) is 0.127. The second-order valence-electron chi connectivity index (χ2n) is 5.09. The van der Waals surface area contributed by atoms with E-state index in [0.29, 0.717) is 13.0 Å². The Morgan fingerprint density at radius 1 is 1.39 bits per heavy atom. The maximum atomic E-state index is 11.9. The van der Waals surface area contributed by atoms with Gasteiger partial charge in [0.05, 0.1) is 6.54 Å². The van der Waals surface area contributed by atoms with Gasteiger partial charge in [-0.05, 0) is 12.3 Å². The van der Waals surface area contributed by atoms with Crippen molar-refractivity contribution in [1.29, 1.82) is 0 Å². The molecule has 5 nitrogen and oxygen atoms in total. The van der Waals surface area contributed by atoms with E-state index in [9.17, 15) is 13.8 Å². The Morgan fingerprint density at radius 2 is 2.00 bits per heavy atom. The van der Waals surface area contributed by atoms with Crippen LogP contribution >= 0.6 is 0 Å². The zero-order chi connectivity index (χ0) is 13.9. The van der Waals surface area contributed by atoms with Crippen LogP contribution in [0.25, 0.3) is 0 Å². The van der Waals surface area contributed by atoms with Crippen molar-refractivity contribution in [2.45, 2.75) is 38.5 Å². The van der Waals surface area contributed by atoms with Crippen molar-refractivity contribution in [2.24, 2.45) is 5.92 Å². The van der Waals surface area contributed by atoms with Gasteiger partial charge in [-0.25, -0.2) is 0 Å². The Kier molecular flexibility index (Phi) is 5.31. The molecule has 3 atom stereocenters. The van der Waals surface area contributed by atoms with E-state index < -0.39 is 16.8 Å². The summed E-state index contributed by atoms with van der Waals surface area (Å²) in [4.78, 5) is 25.3. The number of hydrogen-bond donors (Lipinski definition) is 1. The molecule has 1 aliphatic rings. The summed E-state index contributed by atoms with van der Waals surface area (Å²) < 4.78 is 11.3. The number of nitrogens with one attached hydrogen (secondary N) is 1. The molecule has 104 valence electrons. The minimum Gasteiger partial charge on any atom is -0.345 e. The molecule has 0 aromatic rings. The van der Waals surface area contributed by atoms with E-state index in [2.05, 4.69) is 5.32 Å². The summed E-state index contributed by atoms with van der Waals surface area (Å²) in [6, 6.07) is -0.399. The Hall–Kier alpha value is -0.910. The molecular weight excluding hydrogens is 252 g/mol. The first kappa shape index (κ1) is 15.1. The lowest BCUT2D eigenvalue weighted by molar-refractivity contribution is -0.147. The molecule has 0 bridgehead atoms. The average Bonchev–Trinajstić information content (AvgIpc) is 2.28. The SMILES string of the molecule is CC(C)C1C(=O)NCC(=O)N1CCC(C)S(C)=O. The molecule has 1 rings (SSSR count). The fraction of sp³-hybridized carbons (Fsp3) is 0.833. The summed E-state index contributed by atoms with van der Waals surface area (Å²) in [5.74, 6) is -0.0612. The van der Waals surface area contributed by atoms with Crippen LogP contribution in [0.5, 0.6) is 0 Å². The molecule has 1 aliphatic heterocycles. The van der Waals surface area contributed by atoms with Crippen LogP contribution in [0.4, 0.5) is 0 Å². The molecule has 0 aliphatic carbocycles. The van der Waals surface area contributed by atoms with Gasteiger partial charge < -0.3 is 10.2 Å². The largest absolute Gasteiger partial charge is 0.345 e. The van der Waals surface area contributed by atoms with E-state index in [4.69, 9.17) is 0 Å². The molecule has 0 aromatic carbocycles. The van der Waals surface area contributed by atoms with Crippen molar-refractivity contribution in [2.75, 3.05) is 19.3 Å². The van der Waals surface area contributed by atoms with Crippen LogP contribution in [0, 0.1) is 5.92 Å². The number of piperazine rings is 1. The monoisotopic (exact) mass is 274 g/mol. The zero-order valence-corrected chi connectivity index (χ0v) is 12.3. The lowest BCUT2D eigenvalue weighted by atomic mass is 9.99. The number of amides is 2.